The van der Waals surface area contributed by atoms with Crippen LogP contribution in [0.1, 0.15) is 51.2 Å². The molecule has 0 spiro atoms. The third-order valence-corrected chi connectivity index (χ3v) is 7.12. The largest absolute Gasteiger partial charge is 0.352 e. The van der Waals surface area contributed by atoms with Gasteiger partial charge in [0.1, 0.15) is 6.04 Å². The fraction of sp³-hybridized carbons (Fsp3) is 0.462. The van der Waals surface area contributed by atoms with E-state index in [-0.39, 0.29) is 37.4 Å². The number of aryl methyl sites for hydroxylation is 1. The third kappa shape index (κ3) is 8.54. The van der Waals surface area contributed by atoms with E-state index in [0.29, 0.717) is 23.6 Å². The van der Waals surface area contributed by atoms with Crippen molar-refractivity contribution in [3.05, 3.63) is 64.7 Å². The Morgan fingerprint density at radius 3 is 2.34 bits per heavy atom. The fourth-order valence-electron chi connectivity index (χ4n) is 3.90. The molecule has 35 heavy (non-hydrogen) atoms. The van der Waals surface area contributed by atoms with E-state index in [4.69, 9.17) is 11.6 Å². The Morgan fingerprint density at radius 1 is 1.09 bits per heavy atom. The monoisotopic (exact) mass is 521 g/mol. The minimum atomic E-state index is -3.53. The van der Waals surface area contributed by atoms with Crippen molar-refractivity contribution >= 4 is 39.1 Å². The molecular formula is C26H36ClN3O4S. The maximum Gasteiger partial charge on any atom is 0.243 e. The normalized spacial score (nSPS) is 12.3. The second-order valence-electron chi connectivity index (χ2n) is 8.98. The molecule has 0 aliphatic heterocycles. The first-order valence-corrected chi connectivity index (χ1v) is 14.0. The Bertz CT molecular complexity index is 1120. The third-order valence-electron chi connectivity index (χ3n) is 5.56. The molecule has 1 N–H and O–H groups in total. The molecule has 192 valence electrons. The highest BCUT2D eigenvalue weighted by Crippen LogP contribution is 2.22. The number of anilines is 1. The van der Waals surface area contributed by atoms with E-state index in [9.17, 15) is 18.0 Å². The van der Waals surface area contributed by atoms with Gasteiger partial charge in [-0.05, 0) is 62.9 Å². The zero-order valence-electron chi connectivity index (χ0n) is 21.1. The number of hydrogen-bond donors (Lipinski definition) is 1. The molecule has 0 fully saturated rings. The number of hydrogen-bond acceptors (Lipinski definition) is 4. The summed E-state index contributed by atoms with van der Waals surface area (Å²) >= 11 is 6.35. The summed E-state index contributed by atoms with van der Waals surface area (Å²) < 4.78 is 26.2. The number of benzene rings is 2. The molecule has 0 unspecified atom stereocenters. The number of carbonyl (C=O) groups excluding carboxylic acids is 2. The van der Waals surface area contributed by atoms with E-state index in [0.717, 1.165) is 17.4 Å². The highest BCUT2D eigenvalue weighted by Gasteiger charge is 2.29. The molecule has 1 atom stereocenters. The van der Waals surface area contributed by atoms with Crippen LogP contribution in [-0.2, 0) is 26.2 Å². The molecule has 0 radical (unpaired) electrons. The van der Waals surface area contributed by atoms with E-state index in [1.165, 1.54) is 4.31 Å². The van der Waals surface area contributed by atoms with Gasteiger partial charge in [-0.2, -0.15) is 0 Å². The number of nitrogens with one attached hydrogen (secondary N) is 1. The number of amides is 2. The first-order chi connectivity index (χ1) is 16.4. The standard InChI is InChI=1S/C26H36ClN3O4S/c1-6-24(26(32)28-19(2)3)29(18-21-12-7-8-14-23(21)27)25(31)15-10-16-30(35(5,33)34)22-13-9-11-20(4)17-22/h7-9,11-14,17,19,24H,6,10,15-16,18H2,1-5H3,(H,28,32)/t24-/m1/s1. The first-order valence-electron chi connectivity index (χ1n) is 11.8. The van der Waals surface area contributed by atoms with Crippen LogP contribution in [0, 0.1) is 6.92 Å². The van der Waals surface area contributed by atoms with Gasteiger partial charge in [0.25, 0.3) is 0 Å². The highest BCUT2D eigenvalue weighted by atomic mass is 35.5. The van der Waals surface area contributed by atoms with Gasteiger partial charge < -0.3 is 10.2 Å². The summed E-state index contributed by atoms with van der Waals surface area (Å²) in [6.45, 7) is 7.85. The van der Waals surface area contributed by atoms with Gasteiger partial charge in [0.15, 0.2) is 0 Å². The predicted octanol–water partition coefficient (Wildman–Crippen LogP) is 4.53. The van der Waals surface area contributed by atoms with E-state index in [1.54, 1.807) is 29.2 Å². The molecule has 2 aromatic rings. The van der Waals surface area contributed by atoms with Gasteiger partial charge in [-0.25, -0.2) is 8.42 Å². The van der Waals surface area contributed by atoms with Crippen molar-refractivity contribution < 1.29 is 18.0 Å². The number of sulfonamides is 1. The zero-order chi connectivity index (χ0) is 26.2. The van der Waals surface area contributed by atoms with Crippen LogP contribution in [-0.4, -0.2) is 50.0 Å². The topological polar surface area (TPSA) is 86.8 Å². The summed E-state index contributed by atoms with van der Waals surface area (Å²) in [5, 5.41) is 3.42. The maximum absolute atomic E-state index is 13.4. The minimum Gasteiger partial charge on any atom is -0.352 e. The summed E-state index contributed by atoms with van der Waals surface area (Å²) in [5.41, 5.74) is 2.26. The van der Waals surface area contributed by atoms with Gasteiger partial charge in [0.05, 0.1) is 11.9 Å². The lowest BCUT2D eigenvalue weighted by molar-refractivity contribution is -0.141. The highest BCUT2D eigenvalue weighted by molar-refractivity contribution is 7.92. The number of nitrogens with zero attached hydrogens (tertiary/aromatic N) is 2. The lowest BCUT2D eigenvalue weighted by Crippen LogP contribution is -2.50. The Kier molecular flexibility index (Phi) is 10.6. The Labute approximate surface area is 214 Å². The summed E-state index contributed by atoms with van der Waals surface area (Å²) in [4.78, 5) is 27.9. The van der Waals surface area contributed by atoms with Crippen LogP contribution in [0.3, 0.4) is 0 Å². The molecule has 7 nitrogen and oxygen atoms in total. The number of rotatable bonds is 12. The van der Waals surface area contributed by atoms with Crippen LogP contribution in [0.4, 0.5) is 5.69 Å². The van der Waals surface area contributed by atoms with Crippen LogP contribution in [0.15, 0.2) is 48.5 Å². The lowest BCUT2D eigenvalue weighted by Gasteiger charge is -2.32. The molecule has 0 saturated carbocycles. The smallest absolute Gasteiger partial charge is 0.243 e. The minimum absolute atomic E-state index is 0.0635. The average molecular weight is 522 g/mol. The van der Waals surface area contributed by atoms with Crippen molar-refractivity contribution in [1.29, 1.82) is 0 Å². The van der Waals surface area contributed by atoms with Crippen LogP contribution in [0.2, 0.25) is 5.02 Å². The second kappa shape index (κ2) is 12.9. The molecule has 2 aromatic carbocycles. The molecular weight excluding hydrogens is 486 g/mol. The van der Waals surface area contributed by atoms with Crippen molar-refractivity contribution in [2.45, 2.75) is 65.6 Å². The lowest BCUT2D eigenvalue weighted by atomic mass is 10.1. The summed E-state index contributed by atoms with van der Waals surface area (Å²) in [7, 11) is -3.53. The molecule has 2 amide bonds. The van der Waals surface area contributed by atoms with E-state index < -0.39 is 16.1 Å². The second-order valence-corrected chi connectivity index (χ2v) is 11.3. The average Bonchev–Trinajstić information content (AvgIpc) is 2.76. The quantitative estimate of drug-likeness (QED) is 0.444. The number of carbonyl (C=O) groups is 2. The van der Waals surface area contributed by atoms with Crippen molar-refractivity contribution in [2.75, 3.05) is 17.1 Å². The van der Waals surface area contributed by atoms with E-state index in [2.05, 4.69) is 5.32 Å². The molecule has 0 saturated heterocycles. The van der Waals surface area contributed by atoms with Crippen LogP contribution < -0.4 is 9.62 Å². The van der Waals surface area contributed by atoms with Gasteiger partial charge in [0.2, 0.25) is 21.8 Å². The van der Waals surface area contributed by atoms with Crippen LogP contribution in [0.25, 0.3) is 0 Å². The SMILES string of the molecule is CC[C@H](C(=O)NC(C)C)N(Cc1ccccc1Cl)C(=O)CCCN(c1cccc(C)c1)S(C)(=O)=O. The summed E-state index contributed by atoms with van der Waals surface area (Å²) in [6.07, 6.45) is 1.99. The van der Waals surface area contributed by atoms with E-state index >= 15 is 0 Å². The van der Waals surface area contributed by atoms with Crippen molar-refractivity contribution in [3.63, 3.8) is 0 Å². The molecule has 2 rings (SSSR count). The van der Waals surface area contributed by atoms with Gasteiger partial charge in [-0.15, -0.1) is 0 Å². The summed E-state index contributed by atoms with van der Waals surface area (Å²) in [5.74, 6) is -0.450. The zero-order valence-corrected chi connectivity index (χ0v) is 22.7. The Hall–Kier alpha value is -2.58. The molecule has 0 aliphatic rings. The Balaban J connectivity index is 2.23. The molecule has 9 heteroatoms. The Morgan fingerprint density at radius 2 is 1.77 bits per heavy atom. The van der Waals surface area contributed by atoms with Crippen molar-refractivity contribution in [3.8, 4) is 0 Å². The first kappa shape index (κ1) is 28.7. The van der Waals surface area contributed by atoms with Gasteiger partial charge in [-0.3, -0.25) is 13.9 Å². The summed E-state index contributed by atoms with van der Waals surface area (Å²) in [6, 6.07) is 13.7. The number of halogens is 1. The van der Waals surface area contributed by atoms with Crippen molar-refractivity contribution in [1.82, 2.24) is 10.2 Å². The van der Waals surface area contributed by atoms with Gasteiger partial charge in [0, 0.05) is 30.6 Å². The maximum atomic E-state index is 13.4. The molecule has 0 heterocycles. The van der Waals surface area contributed by atoms with Crippen molar-refractivity contribution in [2.24, 2.45) is 0 Å². The van der Waals surface area contributed by atoms with Gasteiger partial charge >= 0.3 is 0 Å². The van der Waals surface area contributed by atoms with E-state index in [1.807, 2.05) is 52.0 Å². The van der Waals surface area contributed by atoms with Crippen LogP contribution in [0.5, 0.6) is 0 Å². The fourth-order valence-corrected chi connectivity index (χ4v) is 5.05. The van der Waals surface area contributed by atoms with Gasteiger partial charge in [-0.1, -0.05) is 48.9 Å². The van der Waals surface area contributed by atoms with Crippen LogP contribution >= 0.6 is 11.6 Å². The molecule has 0 aliphatic carbocycles. The molecule has 0 aromatic heterocycles. The predicted molar refractivity (Wildman–Crippen MR) is 142 cm³/mol. The molecule has 0 bridgehead atoms.